The van der Waals surface area contributed by atoms with E-state index in [1.807, 2.05) is 48.5 Å². The predicted molar refractivity (Wildman–Crippen MR) is 168 cm³/mol. The second kappa shape index (κ2) is 10.6. The van der Waals surface area contributed by atoms with Crippen molar-refractivity contribution in [2.45, 2.75) is 47.1 Å². The molecule has 6 nitrogen and oxygen atoms in total. The van der Waals surface area contributed by atoms with E-state index in [4.69, 9.17) is 11.6 Å². The van der Waals surface area contributed by atoms with Gasteiger partial charge in [0.25, 0.3) is 5.91 Å². The second-order valence-electron chi connectivity index (χ2n) is 11.2. The number of aromatic carboxylic acids is 1. The minimum absolute atomic E-state index is 0.186. The van der Waals surface area contributed by atoms with E-state index in [0.29, 0.717) is 22.2 Å². The van der Waals surface area contributed by atoms with Gasteiger partial charge in [-0.2, -0.15) is 5.26 Å². The number of carbonyl (C=O) groups excluding carboxylic acids is 1. The lowest BCUT2D eigenvalue weighted by atomic mass is 9.97. The minimum atomic E-state index is -0.981. The number of hydrogen-bond donors (Lipinski definition) is 2. The van der Waals surface area contributed by atoms with Gasteiger partial charge < -0.3 is 15.0 Å². The summed E-state index contributed by atoms with van der Waals surface area (Å²) >= 11 is 7.76. The molecule has 0 spiro atoms. The highest BCUT2D eigenvalue weighted by Crippen LogP contribution is 2.48. The third-order valence-electron chi connectivity index (χ3n) is 8.24. The van der Waals surface area contributed by atoms with Crippen LogP contribution in [0, 0.1) is 11.3 Å². The molecule has 43 heavy (non-hydrogen) atoms. The number of hydrogen-bond acceptors (Lipinski definition) is 4. The van der Waals surface area contributed by atoms with Gasteiger partial charge >= 0.3 is 5.97 Å². The largest absolute Gasteiger partial charge is 0.478 e. The first-order valence-corrected chi connectivity index (χ1v) is 15.3. The van der Waals surface area contributed by atoms with E-state index in [1.54, 1.807) is 42.1 Å². The summed E-state index contributed by atoms with van der Waals surface area (Å²) in [6, 6.07) is 28.6. The van der Waals surface area contributed by atoms with Gasteiger partial charge in [0.05, 0.1) is 33.8 Å². The van der Waals surface area contributed by atoms with Gasteiger partial charge in [0, 0.05) is 32.4 Å². The maximum absolute atomic E-state index is 14.3. The van der Waals surface area contributed by atoms with Gasteiger partial charge in [-0.15, -0.1) is 0 Å². The summed E-state index contributed by atoms with van der Waals surface area (Å²) in [7, 11) is 0. The van der Waals surface area contributed by atoms with Crippen LogP contribution in [0.2, 0.25) is 5.02 Å². The summed E-state index contributed by atoms with van der Waals surface area (Å²) in [6.45, 7) is 0. The van der Waals surface area contributed by atoms with E-state index in [2.05, 4.69) is 28.2 Å². The molecule has 4 aromatic carbocycles. The first-order valence-electron chi connectivity index (χ1n) is 14.1. The smallest absolute Gasteiger partial charge is 0.335 e. The third kappa shape index (κ3) is 5.29. The molecule has 0 unspecified atom stereocenters. The molecule has 1 amide bonds. The lowest BCUT2D eigenvalue weighted by molar-refractivity contribution is 0.0696. The maximum Gasteiger partial charge on any atom is 0.335 e. The molecule has 2 fully saturated rings. The fourth-order valence-electron chi connectivity index (χ4n) is 5.65. The predicted octanol–water partition coefficient (Wildman–Crippen LogP) is 8.44. The lowest BCUT2D eigenvalue weighted by Gasteiger charge is -2.20. The van der Waals surface area contributed by atoms with Crippen LogP contribution >= 0.6 is 23.4 Å². The normalized spacial score (nSPS) is 15.2. The Kier molecular flexibility index (Phi) is 6.76. The van der Waals surface area contributed by atoms with Gasteiger partial charge in [0.1, 0.15) is 0 Å². The number of benzene rings is 4. The number of nitriles is 1. The Morgan fingerprint density at radius 1 is 0.977 bits per heavy atom. The first kappa shape index (κ1) is 27.3. The molecule has 2 aliphatic rings. The molecule has 8 heteroatoms. The fourth-order valence-corrected chi connectivity index (χ4v) is 6.79. The Morgan fingerprint density at radius 3 is 2.37 bits per heavy atom. The summed E-state index contributed by atoms with van der Waals surface area (Å²) in [6.07, 6.45) is 5.87. The Bertz CT molecular complexity index is 1950. The molecular weight excluding hydrogens is 578 g/mol. The molecule has 2 aliphatic carbocycles. The molecule has 7 rings (SSSR count). The van der Waals surface area contributed by atoms with Crippen molar-refractivity contribution in [3.05, 3.63) is 118 Å². The van der Waals surface area contributed by atoms with Gasteiger partial charge in [-0.25, -0.2) is 4.79 Å². The van der Waals surface area contributed by atoms with Gasteiger partial charge in [-0.3, -0.25) is 4.79 Å². The topological polar surface area (TPSA) is 95.1 Å². The number of nitrogens with zero attached hydrogens (tertiary/aromatic N) is 2. The number of halogens is 1. The molecule has 0 atom stereocenters. The molecular formula is C35H26ClN3O3S. The molecule has 2 saturated carbocycles. The van der Waals surface area contributed by atoms with E-state index in [-0.39, 0.29) is 11.5 Å². The van der Waals surface area contributed by atoms with Crippen molar-refractivity contribution < 1.29 is 14.7 Å². The van der Waals surface area contributed by atoms with Crippen LogP contribution in [0.4, 0.5) is 0 Å². The van der Waals surface area contributed by atoms with Crippen molar-refractivity contribution in [1.29, 1.82) is 5.26 Å². The number of aromatic nitrogens is 1. The third-order valence-corrected chi connectivity index (χ3v) is 9.53. The SMILES string of the molecule is N#Cc1cccc(-c2cc(C(=O)NC3(c4ccc(C(=O)O)cc4)CC3)c3c(Sc4ccc(Cl)cc4)cn(C4CC4)c3c2)c1. The van der Waals surface area contributed by atoms with E-state index >= 15 is 0 Å². The number of amides is 1. The number of carboxylic acid groups (broad SMARTS) is 1. The van der Waals surface area contributed by atoms with Crippen LogP contribution in [0.5, 0.6) is 0 Å². The Balaban J connectivity index is 1.36. The highest BCUT2D eigenvalue weighted by atomic mass is 35.5. The number of fused-ring (bicyclic) bond motifs is 1. The number of carbonyl (C=O) groups is 2. The number of carboxylic acids is 1. The van der Waals surface area contributed by atoms with Crippen LogP contribution in [0.15, 0.2) is 101 Å². The van der Waals surface area contributed by atoms with Crippen LogP contribution < -0.4 is 5.32 Å². The molecule has 1 heterocycles. The van der Waals surface area contributed by atoms with Crippen LogP contribution in [-0.2, 0) is 5.54 Å². The highest BCUT2D eigenvalue weighted by Gasteiger charge is 2.46. The Labute approximate surface area is 257 Å². The van der Waals surface area contributed by atoms with Crippen molar-refractivity contribution in [1.82, 2.24) is 9.88 Å². The van der Waals surface area contributed by atoms with Gasteiger partial charge in [0.15, 0.2) is 0 Å². The zero-order valence-electron chi connectivity index (χ0n) is 23.0. The van der Waals surface area contributed by atoms with Crippen molar-refractivity contribution in [3.63, 3.8) is 0 Å². The molecule has 2 N–H and O–H groups in total. The molecule has 0 bridgehead atoms. The number of nitrogens with one attached hydrogen (secondary N) is 1. The molecule has 1 aromatic heterocycles. The van der Waals surface area contributed by atoms with Gasteiger partial charge in [-0.1, -0.05) is 47.6 Å². The standard InChI is InChI=1S/C35H26ClN3O3S/c36-26-8-12-28(13-9-26)43-31-20-39(27-10-11-27)30-18-24(23-3-1-2-21(16-23)19-37)17-29(32(30)31)33(40)38-35(14-15-35)25-6-4-22(5-7-25)34(41)42/h1-9,12-13,16-18,20,27H,10-11,14-15H2,(H,38,40)(H,41,42). The lowest BCUT2D eigenvalue weighted by Crippen LogP contribution is -2.35. The van der Waals surface area contributed by atoms with E-state index in [9.17, 15) is 20.0 Å². The van der Waals surface area contributed by atoms with Crippen molar-refractivity contribution >= 4 is 46.1 Å². The minimum Gasteiger partial charge on any atom is -0.478 e. The van der Waals surface area contributed by atoms with Crippen LogP contribution in [0.3, 0.4) is 0 Å². The van der Waals surface area contributed by atoms with Crippen LogP contribution in [0.25, 0.3) is 22.0 Å². The van der Waals surface area contributed by atoms with Gasteiger partial charge in [-0.05, 0) is 103 Å². The second-order valence-corrected chi connectivity index (χ2v) is 12.8. The van der Waals surface area contributed by atoms with E-state index < -0.39 is 11.5 Å². The molecule has 0 aliphatic heterocycles. The monoisotopic (exact) mass is 603 g/mol. The zero-order valence-corrected chi connectivity index (χ0v) is 24.6. The average molecular weight is 604 g/mol. The molecule has 0 saturated heterocycles. The average Bonchev–Trinajstić information content (AvgIpc) is 3.97. The summed E-state index contributed by atoms with van der Waals surface area (Å²) in [5, 5.41) is 23.7. The summed E-state index contributed by atoms with van der Waals surface area (Å²) in [5.41, 5.74) is 4.42. The summed E-state index contributed by atoms with van der Waals surface area (Å²) in [4.78, 5) is 27.7. The maximum atomic E-state index is 14.3. The molecule has 5 aromatic rings. The van der Waals surface area contributed by atoms with E-state index in [1.165, 1.54) is 0 Å². The van der Waals surface area contributed by atoms with Crippen LogP contribution in [0.1, 0.15) is 63.6 Å². The summed E-state index contributed by atoms with van der Waals surface area (Å²) in [5.74, 6) is -1.17. The summed E-state index contributed by atoms with van der Waals surface area (Å²) < 4.78 is 2.29. The quantitative estimate of drug-likeness (QED) is 0.186. The zero-order chi connectivity index (χ0) is 29.7. The van der Waals surface area contributed by atoms with E-state index in [0.717, 1.165) is 63.1 Å². The van der Waals surface area contributed by atoms with Crippen LogP contribution in [-0.4, -0.2) is 21.6 Å². The van der Waals surface area contributed by atoms with Crippen molar-refractivity contribution in [3.8, 4) is 17.2 Å². The Morgan fingerprint density at radius 2 is 1.72 bits per heavy atom. The number of rotatable bonds is 8. The van der Waals surface area contributed by atoms with Crippen molar-refractivity contribution in [2.24, 2.45) is 0 Å². The van der Waals surface area contributed by atoms with Crippen molar-refractivity contribution in [2.75, 3.05) is 0 Å². The molecule has 0 radical (unpaired) electrons. The Hall–Kier alpha value is -4.51. The first-order chi connectivity index (χ1) is 20.8. The van der Waals surface area contributed by atoms with Gasteiger partial charge in [0.2, 0.25) is 0 Å². The highest BCUT2D eigenvalue weighted by molar-refractivity contribution is 7.99. The fraction of sp³-hybridized carbons (Fsp3) is 0.171. The molecule has 212 valence electrons.